The Morgan fingerprint density at radius 1 is 1.06 bits per heavy atom. The maximum absolute atomic E-state index is 10.0. The molecule has 1 rings (SSSR count). The van der Waals surface area contributed by atoms with E-state index in [1.807, 2.05) is 0 Å². The van der Waals surface area contributed by atoms with E-state index in [4.69, 9.17) is 5.11 Å². The average molecular weight is 229 g/mol. The van der Waals surface area contributed by atoms with Crippen LogP contribution in [0.5, 0.6) is 0 Å². The first-order valence-corrected chi connectivity index (χ1v) is 6.09. The molecular formula is C11H23N3O2. The number of nitrogens with one attached hydrogen (secondary N) is 1. The minimum Gasteiger partial charge on any atom is -0.396 e. The van der Waals surface area contributed by atoms with E-state index in [9.17, 15) is 4.79 Å². The zero-order valence-electron chi connectivity index (χ0n) is 9.90. The van der Waals surface area contributed by atoms with E-state index in [1.54, 1.807) is 0 Å². The predicted octanol–water partition coefficient (Wildman–Crippen LogP) is -0.877. The van der Waals surface area contributed by atoms with Crippen molar-refractivity contribution in [1.29, 1.82) is 0 Å². The molecule has 1 aliphatic heterocycles. The number of carbonyl (C=O) groups excluding carboxylic acids is 1. The summed E-state index contributed by atoms with van der Waals surface area (Å²) in [5, 5.41) is 11.4. The molecule has 1 amide bonds. The molecule has 16 heavy (non-hydrogen) atoms. The number of aliphatic hydroxyl groups is 1. The van der Waals surface area contributed by atoms with Crippen molar-refractivity contribution in [3.05, 3.63) is 0 Å². The van der Waals surface area contributed by atoms with Crippen LogP contribution >= 0.6 is 0 Å². The Balaban J connectivity index is 2.00. The van der Waals surface area contributed by atoms with Gasteiger partial charge in [0.1, 0.15) is 0 Å². The first kappa shape index (κ1) is 13.4. The summed E-state index contributed by atoms with van der Waals surface area (Å²) in [6.07, 6.45) is 2.66. The fraction of sp³-hybridized carbons (Fsp3) is 0.909. The van der Waals surface area contributed by atoms with Crippen LogP contribution in [0.3, 0.4) is 0 Å². The molecule has 0 saturated carbocycles. The van der Waals surface area contributed by atoms with E-state index in [2.05, 4.69) is 15.1 Å². The van der Waals surface area contributed by atoms with Crippen LogP contribution in [0, 0.1) is 0 Å². The van der Waals surface area contributed by atoms with Gasteiger partial charge in [0.25, 0.3) is 0 Å². The highest BCUT2D eigenvalue weighted by atomic mass is 16.3. The minimum atomic E-state index is 0.289. The minimum absolute atomic E-state index is 0.289. The molecule has 0 spiro atoms. The summed E-state index contributed by atoms with van der Waals surface area (Å²) in [7, 11) is 0. The second-order valence-electron chi connectivity index (χ2n) is 4.19. The van der Waals surface area contributed by atoms with E-state index in [1.165, 1.54) is 0 Å². The number of hydrogen-bond acceptors (Lipinski definition) is 4. The summed E-state index contributed by atoms with van der Waals surface area (Å²) < 4.78 is 0. The SMILES string of the molecule is O=CNCCCN1CCN(CCCO)CC1. The van der Waals surface area contributed by atoms with Crippen molar-refractivity contribution in [3.63, 3.8) is 0 Å². The van der Waals surface area contributed by atoms with Gasteiger partial charge < -0.3 is 20.2 Å². The lowest BCUT2D eigenvalue weighted by Gasteiger charge is -2.34. The molecule has 0 atom stereocenters. The lowest BCUT2D eigenvalue weighted by molar-refractivity contribution is -0.109. The second-order valence-corrected chi connectivity index (χ2v) is 4.19. The van der Waals surface area contributed by atoms with Crippen molar-refractivity contribution in [2.45, 2.75) is 12.8 Å². The standard InChI is InChI=1S/C11H23N3O2/c15-10-2-5-14-8-6-13(7-9-14)4-1-3-12-11-16/h11,15H,1-10H2,(H,12,16). The van der Waals surface area contributed by atoms with E-state index in [0.717, 1.165) is 65.1 Å². The van der Waals surface area contributed by atoms with E-state index in [0.29, 0.717) is 0 Å². The molecule has 1 heterocycles. The molecule has 5 nitrogen and oxygen atoms in total. The third-order valence-electron chi connectivity index (χ3n) is 2.98. The van der Waals surface area contributed by atoms with Gasteiger partial charge in [0.05, 0.1) is 0 Å². The highest BCUT2D eigenvalue weighted by molar-refractivity contribution is 5.45. The van der Waals surface area contributed by atoms with E-state index in [-0.39, 0.29) is 6.61 Å². The second kappa shape index (κ2) is 8.50. The van der Waals surface area contributed by atoms with Crippen LogP contribution in [-0.2, 0) is 4.79 Å². The van der Waals surface area contributed by atoms with Gasteiger partial charge in [-0.05, 0) is 19.4 Å². The Kier molecular flexibility index (Phi) is 7.12. The Labute approximate surface area is 97.4 Å². The third-order valence-corrected chi connectivity index (χ3v) is 2.98. The van der Waals surface area contributed by atoms with Gasteiger partial charge in [0.2, 0.25) is 6.41 Å². The summed E-state index contributed by atoms with van der Waals surface area (Å²) in [5.41, 5.74) is 0. The van der Waals surface area contributed by atoms with Crippen LogP contribution in [0.1, 0.15) is 12.8 Å². The summed E-state index contributed by atoms with van der Waals surface area (Å²) >= 11 is 0. The topological polar surface area (TPSA) is 55.8 Å². The third kappa shape index (κ3) is 5.44. The maximum atomic E-state index is 10.0. The molecule has 0 radical (unpaired) electrons. The number of nitrogens with zero attached hydrogens (tertiary/aromatic N) is 2. The Bertz CT molecular complexity index is 182. The Morgan fingerprint density at radius 2 is 1.62 bits per heavy atom. The van der Waals surface area contributed by atoms with Gasteiger partial charge in [-0.3, -0.25) is 4.79 Å². The Morgan fingerprint density at radius 3 is 2.12 bits per heavy atom. The fourth-order valence-corrected chi connectivity index (χ4v) is 1.99. The van der Waals surface area contributed by atoms with Gasteiger partial charge in [0, 0.05) is 45.9 Å². The lowest BCUT2D eigenvalue weighted by Crippen LogP contribution is -2.47. The zero-order valence-corrected chi connectivity index (χ0v) is 9.90. The number of aliphatic hydroxyl groups excluding tert-OH is 1. The first-order valence-electron chi connectivity index (χ1n) is 6.09. The molecule has 1 aliphatic rings. The lowest BCUT2D eigenvalue weighted by atomic mass is 10.2. The molecule has 0 aliphatic carbocycles. The highest BCUT2D eigenvalue weighted by Gasteiger charge is 2.15. The van der Waals surface area contributed by atoms with Gasteiger partial charge >= 0.3 is 0 Å². The molecule has 0 aromatic carbocycles. The van der Waals surface area contributed by atoms with Crippen LogP contribution in [0.15, 0.2) is 0 Å². The molecule has 0 aromatic heterocycles. The molecular weight excluding hydrogens is 206 g/mol. The number of hydrogen-bond donors (Lipinski definition) is 2. The molecule has 0 aromatic rings. The molecule has 1 saturated heterocycles. The van der Waals surface area contributed by atoms with E-state index >= 15 is 0 Å². The zero-order chi connectivity index (χ0) is 11.6. The van der Waals surface area contributed by atoms with Crippen LogP contribution in [0.25, 0.3) is 0 Å². The van der Waals surface area contributed by atoms with Crippen LogP contribution in [0.4, 0.5) is 0 Å². The summed E-state index contributed by atoms with van der Waals surface area (Å²) in [6, 6.07) is 0. The van der Waals surface area contributed by atoms with Crippen molar-refractivity contribution in [1.82, 2.24) is 15.1 Å². The van der Waals surface area contributed by atoms with Crippen LogP contribution in [0.2, 0.25) is 0 Å². The first-order chi connectivity index (χ1) is 7.86. The largest absolute Gasteiger partial charge is 0.396 e. The van der Waals surface area contributed by atoms with Crippen molar-refractivity contribution in [2.75, 3.05) is 52.4 Å². The number of carbonyl (C=O) groups is 1. The van der Waals surface area contributed by atoms with Crippen molar-refractivity contribution < 1.29 is 9.90 Å². The van der Waals surface area contributed by atoms with Gasteiger partial charge in [-0.2, -0.15) is 0 Å². The monoisotopic (exact) mass is 229 g/mol. The predicted molar refractivity (Wildman–Crippen MR) is 63.3 cm³/mol. The molecule has 1 fully saturated rings. The molecule has 94 valence electrons. The number of amides is 1. The summed E-state index contributed by atoms with van der Waals surface area (Å²) in [5.74, 6) is 0. The Hall–Kier alpha value is -0.650. The average Bonchev–Trinajstić information content (AvgIpc) is 2.33. The molecule has 5 heteroatoms. The summed E-state index contributed by atoms with van der Waals surface area (Å²) in [4.78, 5) is 14.9. The van der Waals surface area contributed by atoms with Gasteiger partial charge in [-0.25, -0.2) is 0 Å². The quantitative estimate of drug-likeness (QED) is 0.419. The van der Waals surface area contributed by atoms with E-state index < -0.39 is 0 Å². The van der Waals surface area contributed by atoms with Crippen LogP contribution in [-0.4, -0.2) is 73.7 Å². The highest BCUT2D eigenvalue weighted by Crippen LogP contribution is 2.02. The molecule has 0 unspecified atom stereocenters. The number of piperazine rings is 1. The maximum Gasteiger partial charge on any atom is 0.207 e. The van der Waals surface area contributed by atoms with Gasteiger partial charge in [0.15, 0.2) is 0 Å². The van der Waals surface area contributed by atoms with Gasteiger partial charge in [-0.1, -0.05) is 0 Å². The smallest absolute Gasteiger partial charge is 0.207 e. The summed E-state index contributed by atoms with van der Waals surface area (Å²) in [6.45, 7) is 7.54. The molecule has 0 bridgehead atoms. The fourth-order valence-electron chi connectivity index (χ4n) is 1.99. The molecule has 2 N–H and O–H groups in total. The normalized spacial score (nSPS) is 18.6. The van der Waals surface area contributed by atoms with Crippen LogP contribution < -0.4 is 5.32 Å². The number of rotatable bonds is 8. The van der Waals surface area contributed by atoms with Crippen molar-refractivity contribution in [2.24, 2.45) is 0 Å². The van der Waals surface area contributed by atoms with Gasteiger partial charge in [-0.15, -0.1) is 0 Å². The van der Waals surface area contributed by atoms with Crippen molar-refractivity contribution >= 4 is 6.41 Å². The van der Waals surface area contributed by atoms with Crippen molar-refractivity contribution in [3.8, 4) is 0 Å².